The van der Waals surface area contributed by atoms with Crippen LogP contribution in [0.3, 0.4) is 0 Å². The largest absolute Gasteiger partial charge is 0.288 e. The van der Waals surface area contributed by atoms with Crippen LogP contribution in [0.1, 0.15) is 65.8 Å². The number of benzene rings is 1. The Morgan fingerprint density at radius 2 is 1.95 bits per heavy atom. The van der Waals surface area contributed by atoms with E-state index in [1.54, 1.807) is 30.2 Å². The highest BCUT2D eigenvalue weighted by molar-refractivity contribution is 14.0. The summed E-state index contributed by atoms with van der Waals surface area (Å²) in [5.41, 5.74) is 0.0994. The molecule has 0 saturated heterocycles. The molecule has 208 valence electrons. The first-order valence-electron chi connectivity index (χ1n) is 12.9. The van der Waals surface area contributed by atoms with Crippen LogP contribution in [0, 0.1) is 22.7 Å². The second-order valence-corrected chi connectivity index (χ2v) is 12.7. The van der Waals surface area contributed by atoms with Gasteiger partial charge < -0.3 is 0 Å². The zero-order valence-corrected chi connectivity index (χ0v) is 25.2. The van der Waals surface area contributed by atoms with Crippen molar-refractivity contribution < 1.29 is 9.84 Å². The summed E-state index contributed by atoms with van der Waals surface area (Å²) in [4.78, 5) is 13.7. The maximum atomic E-state index is 13.7. The van der Waals surface area contributed by atoms with Gasteiger partial charge in [0.05, 0.1) is 28.5 Å². The lowest BCUT2D eigenvalue weighted by Gasteiger charge is -2.29. The Balaban J connectivity index is 0.00000210. The van der Waals surface area contributed by atoms with Gasteiger partial charge in [-0.25, -0.2) is 13.1 Å². The number of hydrogen-bond donors (Lipinski definition) is 3. The van der Waals surface area contributed by atoms with Crippen LogP contribution < -0.4 is 15.9 Å². The summed E-state index contributed by atoms with van der Waals surface area (Å²) in [6, 6.07) is 4.42. The number of rotatable bonds is 7. The van der Waals surface area contributed by atoms with Crippen LogP contribution in [0.5, 0.6) is 0 Å². The van der Waals surface area contributed by atoms with E-state index >= 15 is 0 Å². The van der Waals surface area contributed by atoms with Crippen LogP contribution in [0.25, 0.3) is 10.9 Å². The van der Waals surface area contributed by atoms with E-state index in [1.165, 1.54) is 27.7 Å². The van der Waals surface area contributed by atoms with E-state index in [9.17, 15) is 13.2 Å². The van der Waals surface area contributed by atoms with Crippen molar-refractivity contribution in [1.29, 1.82) is 10.8 Å². The zero-order valence-electron chi connectivity index (χ0n) is 22.0. The molecule has 10 nitrogen and oxygen atoms in total. The number of nitrogens with one attached hydrogen (secondary N) is 3. The Hall–Kier alpha value is -2.32. The second-order valence-electron chi connectivity index (χ2n) is 11.0. The van der Waals surface area contributed by atoms with Crippen molar-refractivity contribution in [3.63, 3.8) is 0 Å². The predicted molar refractivity (Wildman–Crippen MR) is 159 cm³/mol. The fraction of sp³-hybridized carbons (Fsp3) is 0.538. The molecule has 1 aromatic carbocycles. The number of aromatic nitrogens is 4. The highest BCUT2D eigenvalue weighted by atomic mass is 127. The maximum absolute atomic E-state index is 13.7. The average molecular weight is 656 g/mol. The first kappa shape index (κ1) is 28.7. The number of sulfonamides is 1. The van der Waals surface area contributed by atoms with Crippen LogP contribution in [0.2, 0.25) is 0 Å². The maximum Gasteiger partial charge on any atom is 0.263 e. The number of nitrogens with zero attached hydrogens (tertiary/aromatic N) is 4. The lowest BCUT2D eigenvalue weighted by molar-refractivity contribution is 0.308. The van der Waals surface area contributed by atoms with E-state index in [0.717, 1.165) is 44.1 Å². The third kappa shape index (κ3) is 5.53. The fourth-order valence-corrected chi connectivity index (χ4v) is 6.88. The van der Waals surface area contributed by atoms with Gasteiger partial charge in [0.1, 0.15) is 5.84 Å². The lowest BCUT2D eigenvalue weighted by atomic mass is 9.80. The molecule has 38 heavy (non-hydrogen) atoms. The van der Waals surface area contributed by atoms with Crippen LogP contribution in [0.4, 0.5) is 0 Å². The van der Waals surface area contributed by atoms with Gasteiger partial charge in [0, 0.05) is 31.7 Å². The molecule has 3 aromatic rings. The van der Waals surface area contributed by atoms with E-state index in [2.05, 4.69) is 9.82 Å². The van der Waals surface area contributed by atoms with Gasteiger partial charge in [-0.1, -0.05) is 26.2 Å². The lowest BCUT2D eigenvalue weighted by Crippen LogP contribution is -2.45. The van der Waals surface area contributed by atoms with Gasteiger partial charge in [-0.3, -0.25) is 29.4 Å². The highest BCUT2D eigenvalue weighted by Crippen LogP contribution is 2.36. The monoisotopic (exact) mass is 655 g/mol. The van der Waals surface area contributed by atoms with Crippen molar-refractivity contribution in [1.82, 2.24) is 23.6 Å². The normalized spacial score (nSPS) is 18.2. The Morgan fingerprint density at radius 3 is 2.55 bits per heavy atom. The SMILES string of the molecule is CC(C(=N)n1c(=N)n(Cc2cnn(C)c2)c(=O)c2cc(S(=O)(=O)NC3(C)CC3)ccc21)C1CCCCC1.I.[HH]. The van der Waals surface area contributed by atoms with Gasteiger partial charge in [-0.05, 0) is 56.7 Å². The second kappa shape index (κ2) is 10.7. The molecule has 2 saturated carbocycles. The molecule has 0 aliphatic heterocycles. The molecule has 1 atom stereocenters. The van der Waals surface area contributed by atoms with Gasteiger partial charge in [-0.2, -0.15) is 5.10 Å². The van der Waals surface area contributed by atoms with Crippen molar-refractivity contribution in [2.75, 3.05) is 0 Å². The zero-order chi connectivity index (χ0) is 26.5. The molecule has 0 radical (unpaired) electrons. The molecule has 3 N–H and O–H groups in total. The van der Waals surface area contributed by atoms with Crippen LogP contribution in [-0.2, 0) is 23.6 Å². The summed E-state index contributed by atoms with van der Waals surface area (Å²) < 4.78 is 33.4. The van der Waals surface area contributed by atoms with Crippen molar-refractivity contribution in [2.24, 2.45) is 18.9 Å². The molecule has 1 unspecified atom stereocenters. The van der Waals surface area contributed by atoms with Gasteiger partial charge in [0.15, 0.2) is 0 Å². The molecule has 2 aliphatic carbocycles. The van der Waals surface area contributed by atoms with E-state index in [-0.39, 0.29) is 59.6 Å². The molecular formula is C26H38IN7O3S. The van der Waals surface area contributed by atoms with Crippen LogP contribution in [0.15, 0.2) is 40.3 Å². The Labute approximate surface area is 241 Å². The molecule has 2 aliphatic rings. The minimum Gasteiger partial charge on any atom is -0.288 e. The molecule has 2 heterocycles. The molecule has 2 fully saturated rings. The summed E-state index contributed by atoms with van der Waals surface area (Å²) in [5.74, 6) is 0.480. The van der Waals surface area contributed by atoms with E-state index < -0.39 is 21.1 Å². The first-order chi connectivity index (χ1) is 17.5. The standard InChI is InChI=1S/C26H35N7O3S.HI.H2/c1-17(19-7-5-4-6-8-19)23(27)33-22-10-9-20(37(35,36)30-26(2)11-12-26)13-21(22)24(34)32(25(33)28)16-18-14-29-31(3)15-18;;/h9-10,13-15,17,19,27-28,30H,4-8,11-12,16H2,1-3H3;2*1H. The summed E-state index contributed by atoms with van der Waals surface area (Å²) in [5, 5.41) is 22.5. The number of hydrogen-bond acceptors (Lipinski definition) is 6. The fourth-order valence-electron chi connectivity index (χ4n) is 5.39. The third-order valence-corrected chi connectivity index (χ3v) is 9.61. The van der Waals surface area contributed by atoms with Gasteiger partial charge in [0.2, 0.25) is 15.6 Å². The van der Waals surface area contributed by atoms with Crippen molar-refractivity contribution in [3.8, 4) is 0 Å². The van der Waals surface area contributed by atoms with Gasteiger partial charge >= 0.3 is 0 Å². The van der Waals surface area contributed by atoms with E-state index in [0.29, 0.717) is 11.4 Å². The summed E-state index contributed by atoms with van der Waals surface area (Å²) in [6.45, 7) is 3.98. The van der Waals surface area contributed by atoms with Crippen LogP contribution in [-0.4, -0.2) is 38.7 Å². The highest BCUT2D eigenvalue weighted by Gasteiger charge is 2.41. The summed E-state index contributed by atoms with van der Waals surface area (Å²) >= 11 is 0. The van der Waals surface area contributed by atoms with Gasteiger partial charge in [0.25, 0.3) is 5.56 Å². The number of halogens is 1. The molecule has 2 aromatic heterocycles. The first-order valence-corrected chi connectivity index (χ1v) is 14.4. The summed E-state index contributed by atoms with van der Waals surface area (Å²) in [6.07, 6.45) is 10.5. The number of aryl methyl sites for hydroxylation is 1. The molecule has 5 rings (SSSR count). The summed E-state index contributed by atoms with van der Waals surface area (Å²) in [7, 11) is -2.05. The smallest absolute Gasteiger partial charge is 0.263 e. The minimum absolute atomic E-state index is 0. The number of fused-ring (bicyclic) bond motifs is 1. The average Bonchev–Trinajstić information content (AvgIpc) is 3.44. The third-order valence-electron chi connectivity index (χ3n) is 7.97. The van der Waals surface area contributed by atoms with Crippen molar-refractivity contribution in [3.05, 3.63) is 52.1 Å². The molecule has 0 spiro atoms. The Morgan fingerprint density at radius 1 is 1.26 bits per heavy atom. The Bertz CT molecular complexity index is 1600. The van der Waals surface area contributed by atoms with E-state index in [4.69, 9.17) is 10.8 Å². The Kier molecular flexibility index (Phi) is 8.06. The molecule has 0 amide bonds. The minimum atomic E-state index is -3.83. The van der Waals surface area contributed by atoms with Crippen molar-refractivity contribution >= 4 is 50.7 Å². The molecular weight excluding hydrogens is 617 g/mol. The molecule has 0 bridgehead atoms. The van der Waals surface area contributed by atoms with Gasteiger partial charge in [-0.15, -0.1) is 24.0 Å². The van der Waals surface area contributed by atoms with Crippen LogP contribution >= 0.6 is 24.0 Å². The van der Waals surface area contributed by atoms with Crippen molar-refractivity contribution in [2.45, 2.75) is 75.8 Å². The predicted octanol–water partition coefficient (Wildman–Crippen LogP) is 3.80. The topological polar surface area (TPSA) is 139 Å². The van der Waals surface area contributed by atoms with E-state index in [1.807, 2.05) is 13.8 Å². The quantitative estimate of drug-likeness (QED) is 0.203. The molecule has 12 heteroatoms.